The lowest BCUT2D eigenvalue weighted by Gasteiger charge is -2.19. The van der Waals surface area contributed by atoms with Gasteiger partial charge < -0.3 is 9.64 Å². The van der Waals surface area contributed by atoms with E-state index in [1.54, 1.807) is 4.90 Å². The summed E-state index contributed by atoms with van der Waals surface area (Å²) >= 11 is 0. The molecule has 1 atom stereocenters. The SMILES string of the molecule is CCC(COc1ccccc1Cc1ccc(C(=O)N(CC)CC)cc1)OS(C)(=O)=O. The molecule has 0 spiro atoms. The first-order chi connectivity index (χ1) is 14.3. The monoisotopic (exact) mass is 433 g/mol. The number of carbonyl (C=O) groups is 1. The molecule has 0 N–H and O–H groups in total. The Morgan fingerprint density at radius 2 is 1.63 bits per heavy atom. The first-order valence-corrected chi connectivity index (χ1v) is 12.1. The summed E-state index contributed by atoms with van der Waals surface area (Å²) in [6.45, 7) is 7.31. The van der Waals surface area contributed by atoms with Gasteiger partial charge in [-0.2, -0.15) is 8.42 Å². The normalized spacial score (nSPS) is 12.4. The van der Waals surface area contributed by atoms with Gasteiger partial charge in [-0.25, -0.2) is 0 Å². The van der Waals surface area contributed by atoms with Crippen LogP contribution in [0, 0.1) is 0 Å². The Bertz CT molecular complexity index is 921. The zero-order valence-electron chi connectivity index (χ0n) is 18.1. The standard InChI is InChI=1S/C23H31NO5S/c1-5-21(29-30(4,26)27)17-28-22-11-9-8-10-20(22)16-18-12-14-19(15-13-18)23(25)24(6-2)7-3/h8-15,21H,5-7,16-17H2,1-4H3. The van der Waals surface area contributed by atoms with Crippen LogP contribution in [-0.4, -0.2) is 51.3 Å². The lowest BCUT2D eigenvalue weighted by atomic mass is 10.0. The molecule has 30 heavy (non-hydrogen) atoms. The van der Waals surface area contributed by atoms with Crippen LogP contribution in [0.15, 0.2) is 48.5 Å². The zero-order chi connectivity index (χ0) is 22.1. The van der Waals surface area contributed by atoms with Gasteiger partial charge in [-0.05, 0) is 49.6 Å². The minimum Gasteiger partial charge on any atom is -0.491 e. The molecule has 1 unspecified atom stereocenters. The van der Waals surface area contributed by atoms with Crippen LogP contribution in [0.25, 0.3) is 0 Å². The second kappa shape index (κ2) is 11.1. The molecule has 0 saturated carbocycles. The quantitative estimate of drug-likeness (QED) is 0.503. The van der Waals surface area contributed by atoms with E-state index in [2.05, 4.69) is 0 Å². The summed E-state index contributed by atoms with van der Waals surface area (Å²) < 4.78 is 33.7. The van der Waals surface area contributed by atoms with Crippen LogP contribution in [0.5, 0.6) is 5.75 Å². The summed E-state index contributed by atoms with van der Waals surface area (Å²) in [7, 11) is -3.53. The zero-order valence-corrected chi connectivity index (χ0v) is 18.9. The lowest BCUT2D eigenvalue weighted by Crippen LogP contribution is -2.30. The van der Waals surface area contributed by atoms with Gasteiger partial charge in [-0.3, -0.25) is 8.98 Å². The fraction of sp³-hybridized carbons (Fsp3) is 0.435. The first kappa shape index (κ1) is 23.9. The van der Waals surface area contributed by atoms with E-state index in [0.29, 0.717) is 37.2 Å². The largest absolute Gasteiger partial charge is 0.491 e. The third-order valence-corrected chi connectivity index (χ3v) is 5.43. The van der Waals surface area contributed by atoms with Gasteiger partial charge in [0.25, 0.3) is 16.0 Å². The molecule has 0 saturated heterocycles. The molecule has 2 aromatic rings. The molecular weight excluding hydrogens is 402 g/mol. The molecule has 2 rings (SSSR count). The van der Waals surface area contributed by atoms with E-state index in [1.807, 2.05) is 69.3 Å². The van der Waals surface area contributed by atoms with Gasteiger partial charge in [0.2, 0.25) is 0 Å². The molecule has 0 aliphatic carbocycles. The van der Waals surface area contributed by atoms with Crippen molar-refractivity contribution >= 4 is 16.0 Å². The highest BCUT2D eigenvalue weighted by atomic mass is 32.2. The van der Waals surface area contributed by atoms with E-state index in [9.17, 15) is 13.2 Å². The highest BCUT2D eigenvalue weighted by Gasteiger charge is 2.16. The molecule has 6 nitrogen and oxygen atoms in total. The number of benzene rings is 2. The molecule has 0 fully saturated rings. The molecule has 0 aromatic heterocycles. The van der Waals surface area contributed by atoms with Crippen LogP contribution in [0.3, 0.4) is 0 Å². The molecule has 0 aliphatic rings. The van der Waals surface area contributed by atoms with Crippen molar-refractivity contribution in [2.75, 3.05) is 26.0 Å². The number of carbonyl (C=O) groups excluding carboxylic acids is 1. The number of ether oxygens (including phenoxy) is 1. The number of hydrogen-bond acceptors (Lipinski definition) is 5. The average molecular weight is 434 g/mol. The van der Waals surface area contributed by atoms with Gasteiger partial charge in [0.1, 0.15) is 18.5 Å². The second-order valence-corrected chi connectivity index (χ2v) is 8.70. The van der Waals surface area contributed by atoms with Crippen LogP contribution in [0.2, 0.25) is 0 Å². The summed E-state index contributed by atoms with van der Waals surface area (Å²) in [6.07, 6.45) is 1.67. The number of nitrogens with zero attached hydrogens (tertiary/aromatic N) is 1. The van der Waals surface area contributed by atoms with Gasteiger partial charge in [-0.1, -0.05) is 37.3 Å². The summed E-state index contributed by atoms with van der Waals surface area (Å²) in [5.41, 5.74) is 2.71. The Balaban J connectivity index is 2.08. The maximum atomic E-state index is 12.5. The van der Waals surface area contributed by atoms with Crippen molar-refractivity contribution in [2.45, 2.75) is 39.7 Å². The van der Waals surface area contributed by atoms with Crippen molar-refractivity contribution < 1.29 is 22.1 Å². The minimum absolute atomic E-state index is 0.0340. The Morgan fingerprint density at radius 1 is 1.00 bits per heavy atom. The van der Waals surface area contributed by atoms with E-state index in [-0.39, 0.29) is 12.5 Å². The molecule has 2 aromatic carbocycles. The summed E-state index contributed by atoms with van der Waals surface area (Å²) in [5.74, 6) is 0.725. The van der Waals surface area contributed by atoms with E-state index in [0.717, 1.165) is 17.4 Å². The average Bonchev–Trinajstić information content (AvgIpc) is 2.72. The third-order valence-electron chi connectivity index (χ3n) is 4.81. The van der Waals surface area contributed by atoms with Crippen LogP contribution in [-0.2, 0) is 20.7 Å². The Morgan fingerprint density at radius 3 is 2.20 bits per heavy atom. The minimum atomic E-state index is -3.53. The second-order valence-electron chi connectivity index (χ2n) is 7.10. The van der Waals surface area contributed by atoms with E-state index >= 15 is 0 Å². The topological polar surface area (TPSA) is 72.9 Å². The van der Waals surface area contributed by atoms with Crippen molar-refractivity contribution in [1.29, 1.82) is 0 Å². The van der Waals surface area contributed by atoms with Crippen molar-refractivity contribution in [2.24, 2.45) is 0 Å². The predicted molar refractivity (Wildman–Crippen MR) is 118 cm³/mol. The van der Waals surface area contributed by atoms with Gasteiger partial charge in [-0.15, -0.1) is 0 Å². The van der Waals surface area contributed by atoms with Crippen molar-refractivity contribution in [3.05, 3.63) is 65.2 Å². The van der Waals surface area contributed by atoms with E-state index < -0.39 is 16.2 Å². The smallest absolute Gasteiger partial charge is 0.264 e. The van der Waals surface area contributed by atoms with Crippen molar-refractivity contribution in [3.63, 3.8) is 0 Å². The molecule has 7 heteroatoms. The molecule has 1 amide bonds. The van der Waals surface area contributed by atoms with Gasteiger partial charge in [0, 0.05) is 25.1 Å². The molecular formula is C23H31NO5S. The molecule has 0 radical (unpaired) electrons. The lowest BCUT2D eigenvalue weighted by molar-refractivity contribution is 0.0773. The molecule has 0 bridgehead atoms. The fourth-order valence-electron chi connectivity index (χ4n) is 3.11. The number of amides is 1. The van der Waals surface area contributed by atoms with Crippen molar-refractivity contribution in [3.8, 4) is 5.75 Å². The van der Waals surface area contributed by atoms with Gasteiger partial charge in [0.05, 0.1) is 6.26 Å². The van der Waals surface area contributed by atoms with Crippen LogP contribution < -0.4 is 4.74 Å². The maximum absolute atomic E-state index is 12.5. The first-order valence-electron chi connectivity index (χ1n) is 10.2. The van der Waals surface area contributed by atoms with E-state index in [1.165, 1.54) is 0 Å². The van der Waals surface area contributed by atoms with Crippen LogP contribution >= 0.6 is 0 Å². The number of para-hydroxylation sites is 1. The maximum Gasteiger partial charge on any atom is 0.264 e. The highest BCUT2D eigenvalue weighted by Crippen LogP contribution is 2.23. The van der Waals surface area contributed by atoms with Crippen LogP contribution in [0.1, 0.15) is 48.7 Å². The number of hydrogen-bond donors (Lipinski definition) is 0. The molecule has 0 heterocycles. The van der Waals surface area contributed by atoms with Gasteiger partial charge >= 0.3 is 0 Å². The van der Waals surface area contributed by atoms with Crippen LogP contribution in [0.4, 0.5) is 0 Å². The van der Waals surface area contributed by atoms with Gasteiger partial charge in [0.15, 0.2) is 0 Å². The molecule has 0 aliphatic heterocycles. The van der Waals surface area contributed by atoms with Crippen molar-refractivity contribution in [1.82, 2.24) is 4.90 Å². The Hall–Kier alpha value is -2.38. The summed E-state index contributed by atoms with van der Waals surface area (Å²) in [6, 6.07) is 15.3. The third kappa shape index (κ3) is 7.15. The fourth-order valence-corrected chi connectivity index (χ4v) is 3.80. The van der Waals surface area contributed by atoms with E-state index in [4.69, 9.17) is 8.92 Å². The number of rotatable bonds is 11. The Labute approximate surface area is 179 Å². The summed E-state index contributed by atoms with van der Waals surface area (Å²) in [4.78, 5) is 14.3. The predicted octanol–water partition coefficient (Wildman–Crippen LogP) is 3.89. The highest BCUT2D eigenvalue weighted by molar-refractivity contribution is 7.86. The Kier molecular flexibility index (Phi) is 8.87. The molecule has 164 valence electrons. The summed E-state index contributed by atoms with van der Waals surface area (Å²) in [5, 5.41) is 0.